The van der Waals surface area contributed by atoms with Gasteiger partial charge in [-0.25, -0.2) is 0 Å². The number of rotatable bonds is 2. The topological polar surface area (TPSA) is 57.6 Å². The van der Waals surface area contributed by atoms with E-state index in [-0.39, 0.29) is 24.7 Å². The molecule has 0 saturated carbocycles. The van der Waals surface area contributed by atoms with Crippen molar-refractivity contribution >= 4 is 17.6 Å². The fourth-order valence-corrected chi connectivity index (χ4v) is 2.29. The molecule has 1 aromatic rings. The second-order valence-electron chi connectivity index (χ2n) is 4.51. The van der Waals surface area contributed by atoms with E-state index in [1.807, 2.05) is 25.1 Å². The Morgan fingerprint density at radius 2 is 2.24 bits per heavy atom. The zero-order chi connectivity index (χ0) is 12.6. The molecule has 4 nitrogen and oxygen atoms in total. The fourth-order valence-electron chi connectivity index (χ4n) is 2.29. The van der Waals surface area contributed by atoms with E-state index in [4.69, 9.17) is 5.11 Å². The van der Waals surface area contributed by atoms with E-state index in [0.29, 0.717) is 0 Å². The normalized spacial score (nSPS) is 19.1. The molecular formula is C13H15NO3. The third-order valence-electron chi connectivity index (χ3n) is 3.20. The first-order valence-electron chi connectivity index (χ1n) is 5.58. The molecule has 0 fully saturated rings. The lowest BCUT2D eigenvalue weighted by molar-refractivity contribution is -0.137. The van der Waals surface area contributed by atoms with Crippen LogP contribution in [-0.4, -0.2) is 24.0 Å². The van der Waals surface area contributed by atoms with Crippen molar-refractivity contribution in [2.24, 2.45) is 0 Å². The summed E-state index contributed by atoms with van der Waals surface area (Å²) in [4.78, 5) is 24.2. The number of hydrogen-bond acceptors (Lipinski definition) is 2. The van der Waals surface area contributed by atoms with Crippen LogP contribution in [0.5, 0.6) is 0 Å². The van der Waals surface area contributed by atoms with Crippen molar-refractivity contribution in [3.8, 4) is 0 Å². The minimum atomic E-state index is -0.861. The quantitative estimate of drug-likeness (QED) is 0.849. The molecule has 1 amide bonds. The van der Waals surface area contributed by atoms with E-state index in [9.17, 15) is 9.59 Å². The number of aryl methyl sites for hydroxylation is 1. The summed E-state index contributed by atoms with van der Waals surface area (Å²) >= 11 is 0. The minimum Gasteiger partial charge on any atom is -0.481 e. The molecule has 1 aliphatic rings. The van der Waals surface area contributed by atoms with E-state index < -0.39 is 5.97 Å². The standard InChI is InChI=1S/C13H15NO3/c1-8-3-4-11-10(5-8)9(7-13(16)17)6-12(15)14(11)2/h3-5,9H,6-7H2,1-2H3,(H,16,17). The Kier molecular flexibility index (Phi) is 2.88. The summed E-state index contributed by atoms with van der Waals surface area (Å²) in [6.07, 6.45) is 0.287. The smallest absolute Gasteiger partial charge is 0.303 e. The van der Waals surface area contributed by atoms with Gasteiger partial charge in [0.15, 0.2) is 0 Å². The highest BCUT2D eigenvalue weighted by Crippen LogP contribution is 2.37. The van der Waals surface area contributed by atoms with Gasteiger partial charge in [0, 0.05) is 25.1 Å². The van der Waals surface area contributed by atoms with Crippen LogP contribution in [0, 0.1) is 6.92 Å². The average molecular weight is 233 g/mol. The average Bonchev–Trinajstić information content (AvgIpc) is 2.25. The molecule has 1 atom stereocenters. The third kappa shape index (κ3) is 2.16. The molecular weight excluding hydrogens is 218 g/mol. The summed E-state index contributed by atoms with van der Waals surface area (Å²) in [5.41, 5.74) is 2.88. The number of nitrogens with zero attached hydrogens (tertiary/aromatic N) is 1. The van der Waals surface area contributed by atoms with E-state index in [2.05, 4.69) is 0 Å². The molecule has 1 aromatic carbocycles. The predicted octanol–water partition coefficient (Wildman–Crippen LogP) is 1.92. The summed E-state index contributed by atoms with van der Waals surface area (Å²) in [5, 5.41) is 8.89. The van der Waals surface area contributed by atoms with Crippen molar-refractivity contribution in [3.63, 3.8) is 0 Å². The number of carbonyl (C=O) groups excluding carboxylic acids is 1. The number of amides is 1. The Bertz CT molecular complexity index is 482. The van der Waals surface area contributed by atoms with Crippen LogP contribution in [0.4, 0.5) is 5.69 Å². The number of carboxylic acids is 1. The van der Waals surface area contributed by atoms with Crippen LogP contribution in [0.2, 0.25) is 0 Å². The van der Waals surface area contributed by atoms with Gasteiger partial charge in [-0.2, -0.15) is 0 Å². The van der Waals surface area contributed by atoms with Crippen LogP contribution in [0.15, 0.2) is 18.2 Å². The summed E-state index contributed by atoms with van der Waals surface area (Å²) in [5.74, 6) is -1.08. The number of carboxylic acid groups (broad SMARTS) is 1. The van der Waals surface area contributed by atoms with Gasteiger partial charge in [-0.15, -0.1) is 0 Å². The van der Waals surface area contributed by atoms with E-state index in [0.717, 1.165) is 16.8 Å². The van der Waals surface area contributed by atoms with Crippen molar-refractivity contribution < 1.29 is 14.7 Å². The Hall–Kier alpha value is -1.84. The van der Waals surface area contributed by atoms with Gasteiger partial charge in [-0.05, 0) is 18.6 Å². The van der Waals surface area contributed by atoms with Crippen molar-refractivity contribution in [3.05, 3.63) is 29.3 Å². The van der Waals surface area contributed by atoms with Crippen LogP contribution in [0.3, 0.4) is 0 Å². The first kappa shape index (κ1) is 11.6. The lowest BCUT2D eigenvalue weighted by atomic mass is 9.86. The number of aliphatic carboxylic acids is 1. The number of fused-ring (bicyclic) bond motifs is 1. The van der Waals surface area contributed by atoms with Crippen molar-refractivity contribution in [2.45, 2.75) is 25.7 Å². The molecule has 17 heavy (non-hydrogen) atoms. The third-order valence-corrected chi connectivity index (χ3v) is 3.20. The maximum atomic E-state index is 11.8. The Morgan fingerprint density at radius 3 is 2.88 bits per heavy atom. The van der Waals surface area contributed by atoms with Gasteiger partial charge >= 0.3 is 5.97 Å². The molecule has 0 aliphatic carbocycles. The van der Waals surface area contributed by atoms with Crippen molar-refractivity contribution in [2.75, 3.05) is 11.9 Å². The lowest BCUT2D eigenvalue weighted by Crippen LogP contribution is -2.33. The Morgan fingerprint density at radius 1 is 1.53 bits per heavy atom. The number of carbonyl (C=O) groups is 2. The van der Waals surface area contributed by atoms with Gasteiger partial charge < -0.3 is 10.0 Å². The molecule has 1 aliphatic heterocycles. The van der Waals surface area contributed by atoms with Gasteiger partial charge in [-0.3, -0.25) is 9.59 Å². The van der Waals surface area contributed by atoms with Crippen LogP contribution >= 0.6 is 0 Å². The minimum absolute atomic E-state index is 0.00995. The van der Waals surface area contributed by atoms with Gasteiger partial charge in [0.25, 0.3) is 0 Å². The predicted molar refractivity (Wildman–Crippen MR) is 64.2 cm³/mol. The van der Waals surface area contributed by atoms with Gasteiger partial charge in [0.05, 0.1) is 6.42 Å². The second kappa shape index (κ2) is 4.20. The maximum Gasteiger partial charge on any atom is 0.303 e. The highest BCUT2D eigenvalue weighted by Gasteiger charge is 2.30. The Balaban J connectivity index is 2.46. The maximum absolute atomic E-state index is 11.8. The van der Waals surface area contributed by atoms with E-state index in [1.54, 1.807) is 11.9 Å². The van der Waals surface area contributed by atoms with Gasteiger partial charge in [0.1, 0.15) is 0 Å². The van der Waals surface area contributed by atoms with Gasteiger partial charge in [-0.1, -0.05) is 17.7 Å². The molecule has 2 rings (SSSR count). The van der Waals surface area contributed by atoms with Crippen molar-refractivity contribution in [1.29, 1.82) is 0 Å². The van der Waals surface area contributed by atoms with Crippen molar-refractivity contribution in [1.82, 2.24) is 0 Å². The van der Waals surface area contributed by atoms with E-state index >= 15 is 0 Å². The number of benzene rings is 1. The summed E-state index contributed by atoms with van der Waals surface area (Å²) < 4.78 is 0. The largest absolute Gasteiger partial charge is 0.481 e. The molecule has 0 bridgehead atoms. The zero-order valence-electron chi connectivity index (χ0n) is 9.93. The molecule has 0 saturated heterocycles. The molecule has 4 heteroatoms. The van der Waals surface area contributed by atoms with Crippen LogP contribution in [0.25, 0.3) is 0 Å². The highest BCUT2D eigenvalue weighted by atomic mass is 16.4. The summed E-state index contributed by atoms with van der Waals surface area (Å²) in [6, 6.07) is 5.80. The molecule has 1 unspecified atom stereocenters. The molecule has 0 spiro atoms. The molecule has 0 radical (unpaired) electrons. The fraction of sp³-hybridized carbons (Fsp3) is 0.385. The zero-order valence-corrected chi connectivity index (χ0v) is 9.93. The lowest BCUT2D eigenvalue weighted by Gasteiger charge is -2.31. The molecule has 90 valence electrons. The summed E-state index contributed by atoms with van der Waals surface area (Å²) in [6.45, 7) is 1.97. The molecule has 1 N–H and O–H groups in total. The molecule has 1 heterocycles. The first-order chi connectivity index (χ1) is 7.99. The van der Waals surface area contributed by atoms with Gasteiger partial charge in [0.2, 0.25) is 5.91 Å². The summed E-state index contributed by atoms with van der Waals surface area (Å²) in [7, 11) is 1.73. The van der Waals surface area contributed by atoms with Crippen LogP contribution < -0.4 is 4.90 Å². The monoisotopic (exact) mass is 233 g/mol. The van der Waals surface area contributed by atoms with Crippen LogP contribution in [0.1, 0.15) is 29.9 Å². The first-order valence-corrected chi connectivity index (χ1v) is 5.58. The Labute approximate surface area is 99.9 Å². The second-order valence-corrected chi connectivity index (χ2v) is 4.51. The SMILES string of the molecule is Cc1ccc2c(c1)C(CC(=O)O)CC(=O)N2C. The van der Waals surface area contributed by atoms with E-state index in [1.165, 1.54) is 0 Å². The highest BCUT2D eigenvalue weighted by molar-refractivity contribution is 5.97. The number of hydrogen-bond donors (Lipinski definition) is 1. The number of anilines is 1. The van der Waals surface area contributed by atoms with Crippen LogP contribution in [-0.2, 0) is 9.59 Å². The molecule has 0 aromatic heterocycles.